The molecule has 0 aromatic rings. The Balaban J connectivity index is 3.54. The summed E-state index contributed by atoms with van der Waals surface area (Å²) < 4.78 is 0. The lowest BCUT2D eigenvalue weighted by Gasteiger charge is -2.27. The van der Waals surface area contributed by atoms with Crippen LogP contribution < -0.4 is 5.32 Å². The second-order valence-corrected chi connectivity index (χ2v) is 17.2. The number of aliphatic hydroxyl groups is 4. The van der Waals surface area contributed by atoms with Crippen molar-refractivity contribution in [1.82, 2.24) is 5.32 Å². The maximum absolute atomic E-state index is 12.5. The van der Waals surface area contributed by atoms with Crippen LogP contribution in [0.5, 0.6) is 0 Å². The van der Waals surface area contributed by atoms with Crippen LogP contribution >= 0.6 is 0 Å². The van der Waals surface area contributed by atoms with E-state index < -0.39 is 36.9 Å². The molecule has 1 amide bonds. The average molecular weight is 816 g/mol. The highest BCUT2D eigenvalue weighted by molar-refractivity contribution is 5.80. The average Bonchev–Trinajstić information content (AvgIpc) is 3.23. The van der Waals surface area contributed by atoms with E-state index in [1.807, 2.05) is 13.0 Å². The number of aliphatic hydroxyl groups excluding tert-OH is 4. The number of carbonyl (C=O) groups excluding carboxylic acids is 1. The van der Waals surface area contributed by atoms with Gasteiger partial charge in [-0.25, -0.2) is 0 Å². The van der Waals surface area contributed by atoms with Gasteiger partial charge in [0.1, 0.15) is 12.2 Å². The molecule has 0 aliphatic heterocycles. The standard InChI is InChI=1S/C52H97NO5/c1-3-5-7-9-11-13-14-15-16-17-18-19-20-21-22-23-24-25-26-27-28-29-30-31-32-33-34-35-36-37-38-40-42-44-46-50(56)52(58)53-48(47-54)51(57)49(55)45-43-41-39-12-10-8-6-4-2/h4,6,12,20-21,23-24,39,48-51,54-57H,3,5,7-11,13-19,22,25-38,40-47H2,1-2H3,(H,53,58)/b6-4+,21-20-,24-23-,39-12+. The number of hydrogen-bond donors (Lipinski definition) is 5. The highest BCUT2D eigenvalue weighted by Crippen LogP contribution is 2.16. The van der Waals surface area contributed by atoms with Crippen LogP contribution in [-0.4, -0.2) is 57.3 Å². The molecule has 4 atom stereocenters. The fourth-order valence-electron chi connectivity index (χ4n) is 7.64. The van der Waals surface area contributed by atoms with E-state index in [1.165, 1.54) is 167 Å². The van der Waals surface area contributed by atoms with Gasteiger partial charge < -0.3 is 25.7 Å². The predicted octanol–water partition coefficient (Wildman–Crippen LogP) is 13.9. The Morgan fingerprint density at radius 1 is 0.466 bits per heavy atom. The summed E-state index contributed by atoms with van der Waals surface area (Å²) in [7, 11) is 0. The number of unbranched alkanes of at least 4 members (excludes halogenated alkanes) is 29. The molecule has 0 aromatic carbocycles. The van der Waals surface area contributed by atoms with E-state index in [0.29, 0.717) is 19.3 Å². The predicted molar refractivity (Wildman–Crippen MR) is 251 cm³/mol. The van der Waals surface area contributed by atoms with Gasteiger partial charge in [0.25, 0.3) is 0 Å². The fraction of sp³-hybridized carbons (Fsp3) is 0.827. The Bertz CT molecular complexity index is 961. The molecule has 0 saturated heterocycles. The summed E-state index contributed by atoms with van der Waals surface area (Å²) in [5, 5.41) is 43.4. The van der Waals surface area contributed by atoms with Gasteiger partial charge in [0.15, 0.2) is 0 Å². The van der Waals surface area contributed by atoms with E-state index in [2.05, 4.69) is 54.8 Å². The third-order valence-electron chi connectivity index (χ3n) is 11.6. The highest BCUT2D eigenvalue weighted by Gasteiger charge is 2.28. The molecule has 0 rings (SSSR count). The summed E-state index contributed by atoms with van der Waals surface area (Å²) in [5.74, 6) is -0.601. The minimum atomic E-state index is -1.29. The molecule has 58 heavy (non-hydrogen) atoms. The zero-order valence-corrected chi connectivity index (χ0v) is 38.3. The maximum Gasteiger partial charge on any atom is 0.249 e. The Morgan fingerprint density at radius 2 is 0.845 bits per heavy atom. The van der Waals surface area contributed by atoms with Gasteiger partial charge in [0, 0.05) is 0 Å². The van der Waals surface area contributed by atoms with Crippen molar-refractivity contribution in [3.63, 3.8) is 0 Å². The van der Waals surface area contributed by atoms with Gasteiger partial charge in [-0.05, 0) is 77.6 Å². The van der Waals surface area contributed by atoms with Crippen molar-refractivity contribution in [2.75, 3.05) is 6.61 Å². The molecule has 0 bridgehead atoms. The van der Waals surface area contributed by atoms with Crippen LogP contribution in [0.1, 0.15) is 245 Å². The van der Waals surface area contributed by atoms with Crippen molar-refractivity contribution in [3.8, 4) is 0 Å². The summed E-state index contributed by atoms with van der Waals surface area (Å²) in [6.45, 7) is 3.79. The van der Waals surface area contributed by atoms with E-state index in [0.717, 1.165) is 44.9 Å². The number of hydrogen-bond acceptors (Lipinski definition) is 5. The van der Waals surface area contributed by atoms with Gasteiger partial charge >= 0.3 is 0 Å². The van der Waals surface area contributed by atoms with Crippen LogP contribution in [0.15, 0.2) is 48.6 Å². The largest absolute Gasteiger partial charge is 0.394 e. The molecular formula is C52H97NO5. The molecule has 0 radical (unpaired) electrons. The third kappa shape index (κ3) is 39.7. The molecule has 0 aromatic heterocycles. The van der Waals surface area contributed by atoms with Gasteiger partial charge in [-0.2, -0.15) is 0 Å². The van der Waals surface area contributed by atoms with Crippen LogP contribution in [0.25, 0.3) is 0 Å². The Labute approximate surface area is 359 Å². The van der Waals surface area contributed by atoms with Gasteiger partial charge in [-0.15, -0.1) is 0 Å². The van der Waals surface area contributed by atoms with Gasteiger partial charge in [-0.1, -0.05) is 216 Å². The molecule has 0 fully saturated rings. The minimum absolute atomic E-state index is 0.359. The lowest BCUT2D eigenvalue weighted by atomic mass is 10.00. The lowest BCUT2D eigenvalue weighted by Crippen LogP contribution is -2.53. The Morgan fingerprint density at radius 3 is 1.29 bits per heavy atom. The van der Waals surface area contributed by atoms with E-state index >= 15 is 0 Å². The summed E-state index contributed by atoms with van der Waals surface area (Å²) in [4.78, 5) is 12.5. The van der Waals surface area contributed by atoms with Crippen LogP contribution in [0, 0.1) is 0 Å². The fourth-order valence-corrected chi connectivity index (χ4v) is 7.64. The zero-order valence-electron chi connectivity index (χ0n) is 38.3. The molecule has 0 saturated carbocycles. The maximum atomic E-state index is 12.5. The van der Waals surface area contributed by atoms with E-state index in [9.17, 15) is 25.2 Å². The van der Waals surface area contributed by atoms with E-state index in [-0.39, 0.29) is 0 Å². The Kier molecular flexibility index (Phi) is 45.0. The molecule has 340 valence electrons. The number of carbonyl (C=O) groups is 1. The van der Waals surface area contributed by atoms with E-state index in [1.54, 1.807) is 0 Å². The molecule has 4 unspecified atom stereocenters. The molecule has 0 spiro atoms. The molecular weight excluding hydrogens is 719 g/mol. The summed E-state index contributed by atoms with van der Waals surface area (Å²) >= 11 is 0. The smallest absolute Gasteiger partial charge is 0.249 e. The molecule has 0 heterocycles. The molecule has 0 aliphatic carbocycles. The van der Waals surface area contributed by atoms with Crippen LogP contribution in [0.2, 0.25) is 0 Å². The van der Waals surface area contributed by atoms with Crippen LogP contribution in [0.3, 0.4) is 0 Å². The molecule has 6 nitrogen and oxygen atoms in total. The van der Waals surface area contributed by atoms with Crippen molar-refractivity contribution < 1.29 is 25.2 Å². The third-order valence-corrected chi connectivity index (χ3v) is 11.6. The second-order valence-electron chi connectivity index (χ2n) is 17.2. The van der Waals surface area contributed by atoms with Crippen molar-refractivity contribution in [1.29, 1.82) is 0 Å². The summed E-state index contributed by atoms with van der Waals surface area (Å²) in [6, 6.07) is -1.01. The topological polar surface area (TPSA) is 110 Å². The van der Waals surface area contributed by atoms with Gasteiger partial charge in [0.2, 0.25) is 5.91 Å². The number of rotatable bonds is 45. The number of amides is 1. The number of allylic oxidation sites excluding steroid dienone is 8. The minimum Gasteiger partial charge on any atom is -0.394 e. The zero-order chi connectivity index (χ0) is 42.4. The SMILES string of the molecule is C/C=C/CC/C=C/CCCC(O)C(O)C(CO)NC(=O)C(O)CCCCCCCCCCCCCCCCCC/C=C\C/C=C\CCCCCCCCCCCCC. The monoisotopic (exact) mass is 816 g/mol. The van der Waals surface area contributed by atoms with Crippen LogP contribution in [0.4, 0.5) is 0 Å². The van der Waals surface area contributed by atoms with Crippen molar-refractivity contribution in [3.05, 3.63) is 48.6 Å². The van der Waals surface area contributed by atoms with Gasteiger partial charge in [-0.3, -0.25) is 4.79 Å². The van der Waals surface area contributed by atoms with Gasteiger partial charge in [0.05, 0.1) is 18.8 Å². The number of nitrogens with one attached hydrogen (secondary N) is 1. The van der Waals surface area contributed by atoms with Crippen LogP contribution in [-0.2, 0) is 4.79 Å². The molecule has 6 heteroatoms. The first-order chi connectivity index (χ1) is 28.5. The quantitative estimate of drug-likeness (QED) is 0.0311. The first-order valence-electron chi connectivity index (χ1n) is 25.0. The molecule has 5 N–H and O–H groups in total. The van der Waals surface area contributed by atoms with Crippen molar-refractivity contribution in [2.45, 2.75) is 269 Å². The second kappa shape index (κ2) is 46.3. The van der Waals surface area contributed by atoms with E-state index in [4.69, 9.17) is 0 Å². The first kappa shape index (κ1) is 56.3. The summed E-state index contributed by atoms with van der Waals surface area (Å²) in [5.41, 5.74) is 0. The highest BCUT2D eigenvalue weighted by atomic mass is 16.3. The Hall–Kier alpha value is -1.73. The normalized spacial score (nSPS) is 14.4. The first-order valence-corrected chi connectivity index (χ1v) is 25.0. The van der Waals surface area contributed by atoms with Crippen molar-refractivity contribution in [2.24, 2.45) is 0 Å². The lowest BCUT2D eigenvalue weighted by molar-refractivity contribution is -0.132. The van der Waals surface area contributed by atoms with Crippen molar-refractivity contribution >= 4 is 5.91 Å². The summed E-state index contributed by atoms with van der Waals surface area (Å²) in [6.07, 6.45) is 57.9. The molecule has 0 aliphatic rings.